The van der Waals surface area contributed by atoms with Crippen LogP contribution in [-0.2, 0) is 0 Å². The first-order chi connectivity index (χ1) is 8.33. The summed E-state index contributed by atoms with van der Waals surface area (Å²) in [4.78, 5) is 13.3. The van der Waals surface area contributed by atoms with Gasteiger partial charge in [-0.25, -0.2) is 4.79 Å². The Bertz CT molecular complexity index is 411. The number of benzene rings is 1. The molecule has 1 aromatic rings. The molecule has 0 atom stereocenters. The molecule has 3 rings (SSSR count). The lowest BCUT2D eigenvalue weighted by Gasteiger charge is -2.27. The van der Waals surface area contributed by atoms with Crippen LogP contribution >= 0.6 is 0 Å². The van der Waals surface area contributed by atoms with Crippen molar-refractivity contribution in [1.82, 2.24) is 5.32 Å². The number of carbonyl (C=O) groups is 1. The summed E-state index contributed by atoms with van der Waals surface area (Å²) in [6, 6.07) is 8.77. The smallest absolute Gasteiger partial charge is 0.321 e. The second-order valence-corrected chi connectivity index (χ2v) is 4.70. The quantitative estimate of drug-likeness (QED) is 0.837. The van der Waals surface area contributed by atoms with Gasteiger partial charge in [-0.2, -0.15) is 0 Å². The number of rotatable bonds is 3. The number of amides is 2. The molecule has 2 N–H and O–H groups in total. The lowest BCUT2D eigenvalue weighted by molar-refractivity contribution is 0.252. The third-order valence-corrected chi connectivity index (χ3v) is 3.51. The molecule has 17 heavy (non-hydrogen) atoms. The number of nitrogens with zero attached hydrogens (tertiary/aromatic N) is 1. The van der Waals surface area contributed by atoms with Gasteiger partial charge in [-0.05, 0) is 43.5 Å². The summed E-state index contributed by atoms with van der Waals surface area (Å²) < 4.78 is 0. The first-order valence-corrected chi connectivity index (χ1v) is 6.25. The van der Waals surface area contributed by atoms with Crippen molar-refractivity contribution in [3.63, 3.8) is 0 Å². The van der Waals surface area contributed by atoms with E-state index in [1.807, 2.05) is 12.1 Å². The third-order valence-electron chi connectivity index (χ3n) is 3.51. The van der Waals surface area contributed by atoms with Crippen LogP contribution in [0.5, 0.6) is 0 Å². The number of carbonyl (C=O) groups excluding carboxylic acids is 1. The van der Waals surface area contributed by atoms with Crippen LogP contribution in [0.25, 0.3) is 0 Å². The normalized spacial score (nSPS) is 20.0. The van der Waals surface area contributed by atoms with E-state index >= 15 is 0 Å². The number of urea groups is 1. The van der Waals surface area contributed by atoms with Crippen LogP contribution in [0.4, 0.5) is 16.2 Å². The first-order valence-electron chi connectivity index (χ1n) is 6.25. The molecule has 1 heterocycles. The molecule has 0 bridgehead atoms. The summed E-state index contributed by atoms with van der Waals surface area (Å²) in [7, 11) is 0. The second kappa shape index (κ2) is 4.28. The van der Waals surface area contributed by atoms with Crippen LogP contribution in [0.3, 0.4) is 0 Å². The van der Waals surface area contributed by atoms with Crippen LogP contribution in [0.15, 0.2) is 24.3 Å². The van der Waals surface area contributed by atoms with Crippen molar-refractivity contribution in [1.29, 1.82) is 0 Å². The highest BCUT2D eigenvalue weighted by atomic mass is 16.2. The molecule has 1 saturated carbocycles. The number of nitrogens with one attached hydrogen (secondary N) is 2. The van der Waals surface area contributed by atoms with Crippen LogP contribution in [0, 0.1) is 0 Å². The van der Waals surface area contributed by atoms with Crippen LogP contribution in [-0.4, -0.2) is 25.2 Å². The third kappa shape index (κ3) is 2.07. The van der Waals surface area contributed by atoms with Crippen molar-refractivity contribution in [3.05, 3.63) is 24.3 Å². The van der Waals surface area contributed by atoms with E-state index in [0.29, 0.717) is 6.04 Å². The van der Waals surface area contributed by atoms with Gasteiger partial charge < -0.3 is 10.6 Å². The fraction of sp³-hybridized carbons (Fsp3) is 0.462. The first kappa shape index (κ1) is 10.4. The molecule has 1 aliphatic carbocycles. The molecule has 0 radical (unpaired) electrons. The minimum absolute atomic E-state index is 0.00435. The number of hydrogen-bond donors (Lipinski definition) is 2. The lowest BCUT2D eigenvalue weighted by Crippen LogP contribution is -2.28. The average Bonchev–Trinajstić information content (AvgIpc) is 2.71. The van der Waals surface area contributed by atoms with Gasteiger partial charge >= 0.3 is 6.03 Å². The molecular weight excluding hydrogens is 214 g/mol. The largest absolute Gasteiger partial charge is 0.382 e. The molecule has 0 aromatic heterocycles. The summed E-state index contributed by atoms with van der Waals surface area (Å²) in [5, 5.41) is 6.29. The maximum atomic E-state index is 11.5. The van der Waals surface area contributed by atoms with Crippen LogP contribution in [0.2, 0.25) is 0 Å². The molecule has 2 fully saturated rings. The molecule has 0 unspecified atom stereocenters. The van der Waals surface area contributed by atoms with Crippen molar-refractivity contribution in [2.75, 3.05) is 23.3 Å². The zero-order chi connectivity index (χ0) is 11.7. The maximum Gasteiger partial charge on any atom is 0.321 e. The van der Waals surface area contributed by atoms with Crippen molar-refractivity contribution in [2.45, 2.75) is 25.3 Å². The number of anilines is 2. The highest BCUT2D eigenvalue weighted by molar-refractivity contribution is 5.94. The summed E-state index contributed by atoms with van der Waals surface area (Å²) in [6.45, 7) is 1.50. The van der Waals surface area contributed by atoms with Gasteiger partial charge in [0.1, 0.15) is 0 Å². The Balaban J connectivity index is 1.68. The van der Waals surface area contributed by atoms with E-state index in [2.05, 4.69) is 22.8 Å². The molecule has 1 saturated heterocycles. The Morgan fingerprint density at radius 1 is 1.24 bits per heavy atom. The Morgan fingerprint density at radius 3 is 2.53 bits per heavy atom. The van der Waals surface area contributed by atoms with Crippen molar-refractivity contribution in [2.24, 2.45) is 0 Å². The van der Waals surface area contributed by atoms with Gasteiger partial charge in [0.05, 0.1) is 0 Å². The van der Waals surface area contributed by atoms with Gasteiger partial charge in [0.2, 0.25) is 0 Å². The minimum Gasteiger partial charge on any atom is -0.382 e. The Hall–Kier alpha value is -1.71. The molecule has 90 valence electrons. The van der Waals surface area contributed by atoms with Gasteiger partial charge in [0.15, 0.2) is 0 Å². The molecule has 0 spiro atoms. The molecular formula is C13H17N3O. The average molecular weight is 231 g/mol. The van der Waals surface area contributed by atoms with E-state index in [1.54, 1.807) is 4.90 Å². The summed E-state index contributed by atoms with van der Waals surface area (Å²) >= 11 is 0. The SMILES string of the molecule is O=C1NCCN1c1ccc(NC2CCC2)cc1. The molecule has 2 aliphatic rings. The zero-order valence-electron chi connectivity index (χ0n) is 9.78. The van der Waals surface area contributed by atoms with Gasteiger partial charge in [0, 0.05) is 30.5 Å². The van der Waals surface area contributed by atoms with Gasteiger partial charge in [0.25, 0.3) is 0 Å². The fourth-order valence-electron chi connectivity index (χ4n) is 2.24. The molecule has 1 aliphatic heterocycles. The van der Waals surface area contributed by atoms with Crippen LogP contribution < -0.4 is 15.5 Å². The van der Waals surface area contributed by atoms with E-state index in [0.717, 1.165) is 24.5 Å². The second-order valence-electron chi connectivity index (χ2n) is 4.70. The van der Waals surface area contributed by atoms with Crippen LogP contribution in [0.1, 0.15) is 19.3 Å². The number of hydrogen-bond acceptors (Lipinski definition) is 2. The van der Waals surface area contributed by atoms with Crippen molar-refractivity contribution >= 4 is 17.4 Å². The van der Waals surface area contributed by atoms with E-state index in [-0.39, 0.29) is 6.03 Å². The highest BCUT2D eigenvalue weighted by Crippen LogP contribution is 2.25. The molecule has 1 aromatic carbocycles. The monoisotopic (exact) mass is 231 g/mol. The van der Waals surface area contributed by atoms with E-state index in [1.165, 1.54) is 19.3 Å². The Labute approximate surface area is 101 Å². The Kier molecular flexibility index (Phi) is 2.63. The van der Waals surface area contributed by atoms with Gasteiger partial charge in [-0.15, -0.1) is 0 Å². The van der Waals surface area contributed by atoms with Gasteiger partial charge in [-0.3, -0.25) is 4.90 Å². The fourth-order valence-corrected chi connectivity index (χ4v) is 2.24. The predicted molar refractivity (Wildman–Crippen MR) is 68.4 cm³/mol. The van der Waals surface area contributed by atoms with Crippen molar-refractivity contribution in [3.8, 4) is 0 Å². The molecule has 4 heteroatoms. The maximum absolute atomic E-state index is 11.5. The highest BCUT2D eigenvalue weighted by Gasteiger charge is 2.21. The Morgan fingerprint density at radius 2 is 2.00 bits per heavy atom. The van der Waals surface area contributed by atoms with Gasteiger partial charge in [-0.1, -0.05) is 0 Å². The molecule has 4 nitrogen and oxygen atoms in total. The predicted octanol–water partition coefficient (Wildman–Crippen LogP) is 2.18. The topological polar surface area (TPSA) is 44.4 Å². The lowest BCUT2D eigenvalue weighted by atomic mass is 9.93. The van der Waals surface area contributed by atoms with E-state index in [9.17, 15) is 4.79 Å². The zero-order valence-corrected chi connectivity index (χ0v) is 9.78. The summed E-state index contributed by atoms with van der Waals surface area (Å²) in [6.07, 6.45) is 3.89. The standard InChI is InChI=1S/C13H17N3O/c17-13-14-8-9-16(13)12-6-4-11(5-7-12)15-10-2-1-3-10/h4-7,10,15H,1-3,8-9H2,(H,14,17). The molecule has 2 amide bonds. The summed E-state index contributed by atoms with van der Waals surface area (Å²) in [5.41, 5.74) is 2.12. The van der Waals surface area contributed by atoms with E-state index in [4.69, 9.17) is 0 Å². The minimum atomic E-state index is 0.00435. The van der Waals surface area contributed by atoms with Crippen molar-refractivity contribution < 1.29 is 4.79 Å². The summed E-state index contributed by atoms with van der Waals surface area (Å²) in [5.74, 6) is 0. The van der Waals surface area contributed by atoms with E-state index < -0.39 is 0 Å².